The van der Waals surface area contributed by atoms with Gasteiger partial charge in [0.25, 0.3) is 0 Å². The zero-order valence-electron chi connectivity index (χ0n) is 14.2. The Morgan fingerprint density at radius 3 is 2.92 bits per heavy atom. The smallest absolute Gasteiger partial charge is 0.121 e. The number of nitrogen functional groups attached to an aromatic ring is 1. The van der Waals surface area contributed by atoms with Gasteiger partial charge in [0.05, 0.1) is 11.2 Å². The molecule has 0 fully saturated rings. The highest BCUT2D eigenvalue weighted by molar-refractivity contribution is 7.98. The Kier molecular flexibility index (Phi) is 5.26. The van der Waals surface area contributed by atoms with Gasteiger partial charge < -0.3 is 5.73 Å². The summed E-state index contributed by atoms with van der Waals surface area (Å²) in [5, 5.41) is 0. The van der Waals surface area contributed by atoms with E-state index in [0.717, 1.165) is 28.3 Å². The lowest BCUT2D eigenvalue weighted by Gasteiger charge is -2.02. The summed E-state index contributed by atoms with van der Waals surface area (Å²) >= 11 is 1.66. The van der Waals surface area contributed by atoms with Gasteiger partial charge in [0.15, 0.2) is 0 Å². The van der Waals surface area contributed by atoms with Crippen LogP contribution in [0.25, 0.3) is 17.7 Å². The fourth-order valence-electron chi connectivity index (χ4n) is 2.82. The van der Waals surface area contributed by atoms with E-state index >= 15 is 0 Å². The van der Waals surface area contributed by atoms with Crippen molar-refractivity contribution in [2.24, 2.45) is 0 Å². The first-order valence-corrected chi connectivity index (χ1v) is 9.52. The molecule has 2 N–H and O–H groups in total. The molecule has 0 aliphatic rings. The summed E-state index contributed by atoms with van der Waals surface area (Å²) in [4.78, 5) is 5.59. The van der Waals surface area contributed by atoms with Gasteiger partial charge in [-0.3, -0.25) is 9.38 Å². The van der Waals surface area contributed by atoms with Crippen LogP contribution in [0.5, 0.6) is 0 Å². The van der Waals surface area contributed by atoms with Gasteiger partial charge in [0.1, 0.15) is 5.82 Å². The van der Waals surface area contributed by atoms with Crippen molar-refractivity contribution in [3.05, 3.63) is 59.5 Å². The monoisotopic (exact) mass is 337 g/mol. The standard InChI is InChI=1S/C20H23N3S/c1-3-4-6-15-7-5-8-16(13-15)9-10-17-18-14-19(24-2)20(21)23(18)12-11-22-17/h5,7-14H,3-4,6,21H2,1-2H3. The third-order valence-electron chi connectivity index (χ3n) is 4.15. The lowest BCUT2D eigenvalue weighted by molar-refractivity contribution is 0.795. The molecule has 2 heterocycles. The number of thioether (sulfide) groups is 1. The Hall–Kier alpha value is -2.20. The molecule has 0 aliphatic heterocycles. The fraction of sp³-hybridized carbons (Fsp3) is 0.250. The zero-order valence-corrected chi connectivity index (χ0v) is 15.0. The molecule has 0 saturated heterocycles. The molecule has 1 aromatic carbocycles. The van der Waals surface area contributed by atoms with Crippen molar-refractivity contribution in [3.8, 4) is 0 Å². The van der Waals surface area contributed by atoms with Gasteiger partial charge in [-0.25, -0.2) is 0 Å². The minimum absolute atomic E-state index is 0.774. The van der Waals surface area contributed by atoms with Crippen molar-refractivity contribution in [1.29, 1.82) is 0 Å². The second-order valence-electron chi connectivity index (χ2n) is 5.85. The molecule has 0 saturated carbocycles. The van der Waals surface area contributed by atoms with Crippen LogP contribution in [-0.2, 0) is 6.42 Å². The third kappa shape index (κ3) is 3.49. The largest absolute Gasteiger partial charge is 0.384 e. The molecule has 2 aromatic heterocycles. The van der Waals surface area contributed by atoms with E-state index in [1.807, 2.05) is 16.9 Å². The van der Waals surface area contributed by atoms with Crippen molar-refractivity contribution in [1.82, 2.24) is 9.38 Å². The van der Waals surface area contributed by atoms with Crippen molar-refractivity contribution in [3.63, 3.8) is 0 Å². The number of anilines is 1. The molecule has 0 spiro atoms. The Bertz CT molecular complexity index is 864. The first-order valence-electron chi connectivity index (χ1n) is 8.29. The second kappa shape index (κ2) is 7.58. The lowest BCUT2D eigenvalue weighted by atomic mass is 10.1. The maximum Gasteiger partial charge on any atom is 0.121 e. The van der Waals surface area contributed by atoms with Gasteiger partial charge in [-0.2, -0.15) is 0 Å². The molecule has 4 heteroatoms. The number of nitrogens with zero attached hydrogens (tertiary/aromatic N) is 2. The maximum absolute atomic E-state index is 6.18. The van der Waals surface area contributed by atoms with Crippen molar-refractivity contribution < 1.29 is 0 Å². The van der Waals surface area contributed by atoms with E-state index in [9.17, 15) is 0 Å². The molecule has 0 atom stereocenters. The van der Waals surface area contributed by atoms with Crippen LogP contribution in [0.1, 0.15) is 36.6 Å². The van der Waals surface area contributed by atoms with E-state index in [-0.39, 0.29) is 0 Å². The van der Waals surface area contributed by atoms with Crippen molar-refractivity contribution in [2.75, 3.05) is 12.0 Å². The second-order valence-corrected chi connectivity index (χ2v) is 6.70. The molecule has 24 heavy (non-hydrogen) atoms. The van der Waals surface area contributed by atoms with Crippen molar-refractivity contribution >= 4 is 35.2 Å². The topological polar surface area (TPSA) is 43.3 Å². The molecule has 0 amide bonds. The first kappa shape index (κ1) is 16.7. The lowest BCUT2D eigenvalue weighted by Crippen LogP contribution is -1.95. The van der Waals surface area contributed by atoms with Crippen LogP contribution in [0.2, 0.25) is 0 Å². The summed E-state index contributed by atoms with van der Waals surface area (Å²) < 4.78 is 2.00. The summed E-state index contributed by atoms with van der Waals surface area (Å²) in [5.41, 5.74) is 10.8. The molecule has 0 aliphatic carbocycles. The number of aryl methyl sites for hydroxylation is 1. The average Bonchev–Trinajstić information content (AvgIpc) is 2.95. The molecule has 124 valence electrons. The summed E-state index contributed by atoms with van der Waals surface area (Å²) in [6.45, 7) is 2.22. The van der Waals surface area contributed by atoms with Gasteiger partial charge in [-0.05, 0) is 42.4 Å². The number of rotatable bonds is 6. The first-order chi connectivity index (χ1) is 11.7. The number of hydrogen-bond acceptors (Lipinski definition) is 3. The van der Waals surface area contributed by atoms with Gasteiger partial charge in [0, 0.05) is 17.3 Å². The molecule has 3 rings (SSSR count). The number of nitrogens with two attached hydrogens (primary N) is 1. The van der Waals surface area contributed by atoms with Crippen LogP contribution in [-0.4, -0.2) is 15.6 Å². The summed E-state index contributed by atoms with van der Waals surface area (Å²) in [6, 6.07) is 10.8. The minimum atomic E-state index is 0.774. The summed E-state index contributed by atoms with van der Waals surface area (Å²) in [7, 11) is 0. The SMILES string of the molecule is CCCCc1cccc(C=Cc2nccn3c(N)c(SC)cc23)c1. The Morgan fingerprint density at radius 1 is 1.25 bits per heavy atom. The van der Waals surface area contributed by atoms with E-state index in [1.165, 1.54) is 24.0 Å². The van der Waals surface area contributed by atoms with Crippen LogP contribution in [0.3, 0.4) is 0 Å². The highest BCUT2D eigenvalue weighted by Gasteiger charge is 2.08. The number of hydrogen-bond donors (Lipinski definition) is 1. The molecule has 0 unspecified atom stereocenters. The predicted molar refractivity (Wildman–Crippen MR) is 105 cm³/mol. The Balaban J connectivity index is 1.91. The van der Waals surface area contributed by atoms with E-state index in [0.29, 0.717) is 0 Å². The average molecular weight is 337 g/mol. The van der Waals surface area contributed by atoms with Gasteiger partial charge in [-0.1, -0.05) is 43.7 Å². The van der Waals surface area contributed by atoms with Crippen LogP contribution in [0, 0.1) is 0 Å². The van der Waals surface area contributed by atoms with E-state index in [2.05, 4.69) is 54.4 Å². The van der Waals surface area contributed by atoms with Gasteiger partial charge in [0.2, 0.25) is 0 Å². The van der Waals surface area contributed by atoms with E-state index < -0.39 is 0 Å². The molecular weight excluding hydrogens is 314 g/mol. The minimum Gasteiger partial charge on any atom is -0.384 e. The highest BCUT2D eigenvalue weighted by atomic mass is 32.2. The number of unbranched alkanes of at least 4 members (excludes halogenated alkanes) is 1. The molecule has 0 bridgehead atoms. The fourth-order valence-corrected chi connectivity index (χ4v) is 3.36. The zero-order chi connectivity index (χ0) is 16.9. The normalized spacial score (nSPS) is 11.6. The van der Waals surface area contributed by atoms with Crippen molar-refractivity contribution in [2.45, 2.75) is 31.1 Å². The van der Waals surface area contributed by atoms with Crippen LogP contribution in [0.15, 0.2) is 47.6 Å². The van der Waals surface area contributed by atoms with Crippen LogP contribution < -0.4 is 5.73 Å². The van der Waals surface area contributed by atoms with E-state index in [4.69, 9.17) is 5.73 Å². The summed E-state index contributed by atoms with van der Waals surface area (Å²) in [5.74, 6) is 0.774. The van der Waals surface area contributed by atoms with Gasteiger partial charge in [-0.15, -0.1) is 11.8 Å². The maximum atomic E-state index is 6.18. The molecule has 3 nitrogen and oxygen atoms in total. The quantitative estimate of drug-likeness (QED) is 0.632. The number of fused-ring (bicyclic) bond motifs is 1. The van der Waals surface area contributed by atoms with E-state index in [1.54, 1.807) is 18.0 Å². The Labute approximate surface area is 147 Å². The predicted octanol–water partition coefficient (Wildman–Crippen LogP) is 5.15. The molecule has 3 aromatic rings. The number of benzene rings is 1. The van der Waals surface area contributed by atoms with Crippen LogP contribution >= 0.6 is 11.8 Å². The van der Waals surface area contributed by atoms with Gasteiger partial charge >= 0.3 is 0 Å². The highest BCUT2D eigenvalue weighted by Crippen LogP contribution is 2.28. The molecular formula is C20H23N3S. The summed E-state index contributed by atoms with van der Waals surface area (Å²) in [6.07, 6.45) is 13.5. The Morgan fingerprint density at radius 2 is 2.12 bits per heavy atom. The third-order valence-corrected chi connectivity index (χ3v) is 4.92. The molecule has 0 radical (unpaired) electrons. The van der Waals surface area contributed by atoms with Crippen LogP contribution in [0.4, 0.5) is 5.82 Å². The number of aromatic nitrogens is 2.